The first-order chi connectivity index (χ1) is 7.54. The highest BCUT2D eigenvalue weighted by atomic mass is 19.1. The van der Waals surface area contributed by atoms with Gasteiger partial charge in [-0.3, -0.25) is 0 Å². The number of methoxy groups -OCH3 is 1. The van der Waals surface area contributed by atoms with Crippen LogP contribution in [0.15, 0.2) is 18.2 Å². The van der Waals surface area contributed by atoms with E-state index in [-0.39, 0.29) is 11.9 Å². The van der Waals surface area contributed by atoms with Gasteiger partial charge in [0.15, 0.2) is 0 Å². The number of benzene rings is 1. The summed E-state index contributed by atoms with van der Waals surface area (Å²) in [5.41, 5.74) is 1.89. The van der Waals surface area contributed by atoms with Gasteiger partial charge in [-0.25, -0.2) is 4.39 Å². The van der Waals surface area contributed by atoms with Crippen molar-refractivity contribution in [2.45, 2.75) is 26.8 Å². The van der Waals surface area contributed by atoms with Crippen LogP contribution in [0.5, 0.6) is 0 Å². The summed E-state index contributed by atoms with van der Waals surface area (Å²) in [5.74, 6) is 0.264. The van der Waals surface area contributed by atoms with Gasteiger partial charge in [0.05, 0.1) is 12.6 Å². The molecule has 90 valence electrons. The molecule has 0 spiro atoms. The van der Waals surface area contributed by atoms with Crippen molar-refractivity contribution in [1.82, 2.24) is 0 Å². The van der Waals surface area contributed by atoms with E-state index in [9.17, 15) is 4.39 Å². The minimum Gasteiger partial charge on any atom is -0.383 e. The Morgan fingerprint density at radius 2 is 2.06 bits per heavy atom. The Morgan fingerprint density at radius 1 is 1.38 bits per heavy atom. The summed E-state index contributed by atoms with van der Waals surface area (Å²) < 4.78 is 18.1. The molecule has 1 aromatic rings. The van der Waals surface area contributed by atoms with Gasteiger partial charge in [0.1, 0.15) is 5.82 Å². The minimum atomic E-state index is -0.198. The van der Waals surface area contributed by atoms with Gasteiger partial charge in [-0.05, 0) is 36.6 Å². The van der Waals surface area contributed by atoms with E-state index in [0.29, 0.717) is 12.5 Å². The van der Waals surface area contributed by atoms with Crippen LogP contribution in [0.4, 0.5) is 10.1 Å². The summed E-state index contributed by atoms with van der Waals surface area (Å²) in [6.45, 7) is 6.81. The molecule has 1 N–H and O–H groups in total. The first kappa shape index (κ1) is 13.0. The monoisotopic (exact) mass is 225 g/mol. The summed E-state index contributed by atoms with van der Waals surface area (Å²) in [7, 11) is 1.69. The van der Waals surface area contributed by atoms with Crippen LogP contribution in [-0.2, 0) is 4.74 Å². The molecule has 3 heteroatoms. The van der Waals surface area contributed by atoms with Crippen LogP contribution in [0.1, 0.15) is 19.4 Å². The quantitative estimate of drug-likeness (QED) is 0.830. The third-order valence-corrected chi connectivity index (χ3v) is 2.68. The lowest BCUT2D eigenvalue weighted by Gasteiger charge is -2.23. The highest BCUT2D eigenvalue weighted by Crippen LogP contribution is 2.18. The van der Waals surface area contributed by atoms with E-state index < -0.39 is 0 Å². The highest BCUT2D eigenvalue weighted by molar-refractivity contribution is 5.51. The van der Waals surface area contributed by atoms with Crippen molar-refractivity contribution in [2.75, 3.05) is 19.0 Å². The molecule has 0 bridgehead atoms. The molecule has 1 atom stereocenters. The molecule has 0 aliphatic carbocycles. The van der Waals surface area contributed by atoms with Crippen molar-refractivity contribution in [1.29, 1.82) is 0 Å². The molecule has 0 saturated heterocycles. The van der Waals surface area contributed by atoms with Crippen LogP contribution in [0, 0.1) is 18.7 Å². The number of ether oxygens (including phenoxy) is 1. The molecule has 0 saturated carbocycles. The topological polar surface area (TPSA) is 21.3 Å². The van der Waals surface area contributed by atoms with E-state index in [1.54, 1.807) is 13.2 Å². The zero-order chi connectivity index (χ0) is 12.1. The normalized spacial score (nSPS) is 12.9. The van der Waals surface area contributed by atoms with E-state index in [0.717, 1.165) is 11.3 Å². The third kappa shape index (κ3) is 3.49. The molecular formula is C13H20FNO. The first-order valence-corrected chi connectivity index (χ1v) is 5.56. The Labute approximate surface area is 96.8 Å². The van der Waals surface area contributed by atoms with Gasteiger partial charge in [0, 0.05) is 12.8 Å². The lowest BCUT2D eigenvalue weighted by molar-refractivity contribution is 0.171. The van der Waals surface area contributed by atoms with Gasteiger partial charge in [0.25, 0.3) is 0 Å². The molecule has 0 aliphatic rings. The second-order valence-electron chi connectivity index (χ2n) is 4.41. The molecule has 1 aromatic carbocycles. The fourth-order valence-corrected chi connectivity index (χ4v) is 1.57. The average Bonchev–Trinajstić information content (AvgIpc) is 2.20. The van der Waals surface area contributed by atoms with Gasteiger partial charge >= 0.3 is 0 Å². The van der Waals surface area contributed by atoms with Crippen molar-refractivity contribution >= 4 is 5.69 Å². The van der Waals surface area contributed by atoms with Crippen LogP contribution in [-0.4, -0.2) is 19.8 Å². The molecule has 0 aromatic heterocycles. The number of hydrogen-bond acceptors (Lipinski definition) is 2. The Balaban J connectivity index is 2.77. The SMILES string of the molecule is COCC(Nc1ccc(F)cc1C)C(C)C. The molecule has 0 fully saturated rings. The highest BCUT2D eigenvalue weighted by Gasteiger charge is 2.13. The number of rotatable bonds is 5. The molecule has 16 heavy (non-hydrogen) atoms. The van der Waals surface area contributed by atoms with E-state index in [2.05, 4.69) is 19.2 Å². The van der Waals surface area contributed by atoms with Gasteiger partial charge in [-0.1, -0.05) is 13.8 Å². The summed E-state index contributed by atoms with van der Waals surface area (Å²) in [6.07, 6.45) is 0. The number of halogens is 1. The predicted molar refractivity (Wildman–Crippen MR) is 65.3 cm³/mol. The van der Waals surface area contributed by atoms with Crippen LogP contribution < -0.4 is 5.32 Å². The van der Waals surface area contributed by atoms with E-state index in [4.69, 9.17) is 4.74 Å². The summed E-state index contributed by atoms with van der Waals surface area (Å²) in [5, 5.41) is 3.38. The van der Waals surface area contributed by atoms with Crippen molar-refractivity contribution in [3.05, 3.63) is 29.6 Å². The maximum absolute atomic E-state index is 12.9. The second kappa shape index (κ2) is 5.85. The zero-order valence-electron chi connectivity index (χ0n) is 10.4. The second-order valence-corrected chi connectivity index (χ2v) is 4.41. The molecule has 0 amide bonds. The van der Waals surface area contributed by atoms with Gasteiger partial charge in [-0.15, -0.1) is 0 Å². The Morgan fingerprint density at radius 3 is 2.56 bits per heavy atom. The lowest BCUT2D eigenvalue weighted by atomic mass is 10.0. The molecule has 0 heterocycles. The fourth-order valence-electron chi connectivity index (χ4n) is 1.57. The van der Waals surface area contributed by atoms with Gasteiger partial charge in [-0.2, -0.15) is 0 Å². The Kier molecular flexibility index (Phi) is 4.74. The fraction of sp³-hybridized carbons (Fsp3) is 0.538. The number of anilines is 1. The lowest BCUT2D eigenvalue weighted by Crippen LogP contribution is -2.30. The van der Waals surface area contributed by atoms with Crippen molar-refractivity contribution in [2.24, 2.45) is 5.92 Å². The van der Waals surface area contributed by atoms with Crippen molar-refractivity contribution in [3.63, 3.8) is 0 Å². The maximum Gasteiger partial charge on any atom is 0.123 e. The molecule has 0 radical (unpaired) electrons. The number of aryl methyl sites for hydroxylation is 1. The van der Waals surface area contributed by atoms with E-state index in [1.807, 2.05) is 6.92 Å². The first-order valence-electron chi connectivity index (χ1n) is 5.56. The summed E-state index contributed by atoms with van der Waals surface area (Å²) in [4.78, 5) is 0. The van der Waals surface area contributed by atoms with Crippen LogP contribution in [0.25, 0.3) is 0 Å². The average molecular weight is 225 g/mol. The number of nitrogens with one attached hydrogen (secondary N) is 1. The van der Waals surface area contributed by atoms with E-state index >= 15 is 0 Å². The molecular weight excluding hydrogens is 205 g/mol. The maximum atomic E-state index is 12.9. The molecule has 2 nitrogen and oxygen atoms in total. The van der Waals surface area contributed by atoms with E-state index in [1.165, 1.54) is 12.1 Å². The van der Waals surface area contributed by atoms with Crippen molar-refractivity contribution in [3.8, 4) is 0 Å². The summed E-state index contributed by atoms with van der Waals surface area (Å²) >= 11 is 0. The molecule has 1 rings (SSSR count). The third-order valence-electron chi connectivity index (χ3n) is 2.68. The predicted octanol–water partition coefficient (Wildman–Crippen LogP) is 3.22. The van der Waals surface area contributed by atoms with Gasteiger partial charge in [0.2, 0.25) is 0 Å². The van der Waals surface area contributed by atoms with Gasteiger partial charge < -0.3 is 10.1 Å². The zero-order valence-corrected chi connectivity index (χ0v) is 10.4. The van der Waals surface area contributed by atoms with Crippen LogP contribution >= 0.6 is 0 Å². The Hall–Kier alpha value is -1.09. The number of hydrogen-bond donors (Lipinski definition) is 1. The minimum absolute atomic E-state index is 0.198. The van der Waals surface area contributed by atoms with Crippen LogP contribution in [0.2, 0.25) is 0 Å². The standard InChI is InChI=1S/C13H20FNO/c1-9(2)13(8-16-4)15-12-6-5-11(14)7-10(12)3/h5-7,9,13,15H,8H2,1-4H3. The van der Waals surface area contributed by atoms with Crippen LogP contribution in [0.3, 0.4) is 0 Å². The molecule has 1 unspecified atom stereocenters. The largest absolute Gasteiger partial charge is 0.383 e. The van der Waals surface area contributed by atoms with Crippen molar-refractivity contribution < 1.29 is 9.13 Å². The molecule has 0 aliphatic heterocycles. The Bertz CT molecular complexity index is 339. The smallest absolute Gasteiger partial charge is 0.123 e. The summed E-state index contributed by atoms with van der Waals surface area (Å²) in [6, 6.07) is 5.02.